The molecule has 0 aromatic rings. The second-order valence-electron chi connectivity index (χ2n) is 9.06. The van der Waals surface area contributed by atoms with Crippen molar-refractivity contribution in [3.63, 3.8) is 0 Å². The molecule has 11 nitrogen and oxygen atoms in total. The van der Waals surface area contributed by atoms with Gasteiger partial charge in [0.25, 0.3) is 11.8 Å². The van der Waals surface area contributed by atoms with Gasteiger partial charge in [0, 0.05) is 19.7 Å². The Morgan fingerprint density at radius 1 is 1.06 bits per heavy atom. The lowest BCUT2D eigenvalue weighted by Crippen LogP contribution is -2.50. The quantitative estimate of drug-likeness (QED) is 0.390. The number of carbonyl (C=O) groups is 5. The molecule has 1 aliphatic heterocycles. The van der Waals surface area contributed by atoms with Crippen LogP contribution in [0.1, 0.15) is 51.4 Å². The summed E-state index contributed by atoms with van der Waals surface area (Å²) in [5.41, 5.74) is -0.359. The molecule has 2 N–H and O–H groups in total. The Bertz CT molecular complexity index is 831. The normalized spacial score (nSPS) is 22.1. The summed E-state index contributed by atoms with van der Waals surface area (Å²) >= 11 is 0. The fourth-order valence-corrected chi connectivity index (χ4v) is 4.63. The van der Waals surface area contributed by atoms with E-state index in [1.54, 1.807) is 0 Å². The van der Waals surface area contributed by atoms with Crippen molar-refractivity contribution < 1.29 is 33.4 Å². The Kier molecular flexibility index (Phi) is 8.17. The van der Waals surface area contributed by atoms with Crippen molar-refractivity contribution in [1.29, 1.82) is 0 Å². The van der Waals surface area contributed by atoms with E-state index in [1.807, 2.05) is 0 Å². The third-order valence-electron chi connectivity index (χ3n) is 6.50. The second-order valence-corrected chi connectivity index (χ2v) is 9.06. The van der Waals surface area contributed by atoms with Gasteiger partial charge in [0.1, 0.15) is 11.8 Å². The van der Waals surface area contributed by atoms with E-state index in [1.165, 1.54) is 12.0 Å². The molecule has 0 aromatic heterocycles. The number of nitrogens with zero attached hydrogens (tertiary/aromatic N) is 2. The molecule has 33 heavy (non-hydrogen) atoms. The van der Waals surface area contributed by atoms with Crippen LogP contribution in [0.25, 0.3) is 0 Å². The molecule has 182 valence electrons. The smallest absolute Gasteiger partial charge is 0.433 e. The van der Waals surface area contributed by atoms with Gasteiger partial charge in [-0.2, -0.15) is 4.99 Å². The molecule has 2 aliphatic carbocycles. The Labute approximate surface area is 192 Å². The van der Waals surface area contributed by atoms with Crippen LogP contribution in [0, 0.1) is 5.41 Å². The van der Waals surface area contributed by atoms with Crippen LogP contribution in [0.2, 0.25) is 0 Å². The van der Waals surface area contributed by atoms with E-state index in [2.05, 4.69) is 20.4 Å². The number of rotatable bonds is 8. The summed E-state index contributed by atoms with van der Waals surface area (Å²) in [6.45, 7) is -0.306. The lowest BCUT2D eigenvalue weighted by Gasteiger charge is -2.33. The summed E-state index contributed by atoms with van der Waals surface area (Å²) in [7, 11) is 2.52. The lowest BCUT2D eigenvalue weighted by atomic mass is 9.72. The van der Waals surface area contributed by atoms with Crippen molar-refractivity contribution in [2.45, 2.75) is 63.5 Å². The fraction of sp³-hybridized carbons (Fsp3) is 0.727. The van der Waals surface area contributed by atoms with E-state index < -0.39 is 42.2 Å². The van der Waals surface area contributed by atoms with Crippen LogP contribution in [0.4, 0.5) is 4.79 Å². The minimum atomic E-state index is -0.935. The van der Waals surface area contributed by atoms with Crippen LogP contribution in [-0.4, -0.2) is 86.2 Å². The molecule has 2 saturated carbocycles. The summed E-state index contributed by atoms with van der Waals surface area (Å²) in [5.74, 6) is -2.53. The number of likely N-dealkylation sites (tertiary alicyclic amines) is 1. The third-order valence-corrected chi connectivity index (χ3v) is 6.50. The van der Waals surface area contributed by atoms with Crippen molar-refractivity contribution in [2.75, 3.05) is 33.9 Å². The Morgan fingerprint density at radius 2 is 1.76 bits per heavy atom. The zero-order chi connectivity index (χ0) is 24.0. The average molecular weight is 465 g/mol. The van der Waals surface area contributed by atoms with Gasteiger partial charge < -0.3 is 25.0 Å². The van der Waals surface area contributed by atoms with Gasteiger partial charge in [-0.1, -0.05) is 19.3 Å². The predicted molar refractivity (Wildman–Crippen MR) is 117 cm³/mol. The van der Waals surface area contributed by atoms with Crippen molar-refractivity contribution in [1.82, 2.24) is 15.5 Å². The first-order valence-electron chi connectivity index (χ1n) is 11.4. The molecule has 1 unspecified atom stereocenters. The van der Waals surface area contributed by atoms with E-state index in [0.717, 1.165) is 52.1 Å². The van der Waals surface area contributed by atoms with Crippen LogP contribution in [-0.2, 0) is 28.7 Å². The SMILES string of the molecule is COC/C(=N\C(=O)OC)C(=O)N1CC2(CCCCC2)CC1C(=O)NCC(=O)C(=O)NC1CC1. The summed E-state index contributed by atoms with van der Waals surface area (Å²) in [6.07, 6.45) is 6.12. The molecule has 3 fully saturated rings. The molecular weight excluding hydrogens is 432 g/mol. The highest BCUT2D eigenvalue weighted by molar-refractivity contribution is 6.41. The Balaban J connectivity index is 1.73. The van der Waals surface area contributed by atoms with Crippen molar-refractivity contribution in [3.8, 4) is 0 Å². The maximum absolute atomic E-state index is 13.3. The van der Waals surface area contributed by atoms with Crippen LogP contribution in [0.3, 0.4) is 0 Å². The standard InChI is InChI=1S/C22H32N4O7/c1-32-12-15(25-21(31)33-2)20(30)26-13-22(8-4-3-5-9-22)10-16(26)18(28)23-11-17(27)19(29)24-14-6-7-14/h14,16H,3-13H2,1-2H3,(H,23,28)(H,24,29)/b25-15+. The van der Waals surface area contributed by atoms with Crippen molar-refractivity contribution >= 4 is 35.3 Å². The maximum atomic E-state index is 13.3. The van der Waals surface area contributed by atoms with Crippen LogP contribution in [0.5, 0.6) is 0 Å². The number of aliphatic imine (C=N–C) groups is 1. The highest BCUT2D eigenvalue weighted by Crippen LogP contribution is 2.46. The minimum absolute atomic E-state index is 0.0413. The van der Waals surface area contributed by atoms with Crippen LogP contribution >= 0.6 is 0 Å². The average Bonchev–Trinajstić information content (AvgIpc) is 3.56. The number of carbonyl (C=O) groups excluding carboxylic acids is 5. The van der Waals surface area contributed by atoms with E-state index in [9.17, 15) is 24.0 Å². The molecule has 1 spiro atoms. The van der Waals surface area contributed by atoms with Crippen molar-refractivity contribution in [3.05, 3.63) is 0 Å². The van der Waals surface area contributed by atoms with Crippen molar-refractivity contribution in [2.24, 2.45) is 10.4 Å². The first kappa shape index (κ1) is 24.8. The number of methoxy groups -OCH3 is 2. The molecule has 1 saturated heterocycles. The van der Waals surface area contributed by atoms with Gasteiger partial charge in [0.2, 0.25) is 11.7 Å². The predicted octanol–water partition coefficient (Wildman–Crippen LogP) is 0.356. The first-order chi connectivity index (χ1) is 15.8. The van der Waals surface area contributed by atoms with E-state index >= 15 is 0 Å². The molecule has 3 rings (SSSR count). The summed E-state index contributed by atoms with van der Waals surface area (Å²) < 4.78 is 9.56. The van der Waals surface area contributed by atoms with Gasteiger partial charge in [-0.15, -0.1) is 0 Å². The largest absolute Gasteiger partial charge is 0.451 e. The fourth-order valence-electron chi connectivity index (χ4n) is 4.63. The third kappa shape index (κ3) is 6.37. The van der Waals surface area contributed by atoms with Gasteiger partial charge in [-0.05, 0) is 37.5 Å². The zero-order valence-electron chi connectivity index (χ0n) is 19.2. The van der Waals surface area contributed by atoms with Gasteiger partial charge in [0.15, 0.2) is 0 Å². The van der Waals surface area contributed by atoms with E-state index in [4.69, 9.17) is 4.74 Å². The zero-order valence-corrected chi connectivity index (χ0v) is 19.2. The van der Waals surface area contributed by atoms with Gasteiger partial charge in [-0.25, -0.2) is 4.79 Å². The summed E-state index contributed by atoms with van der Waals surface area (Å²) in [6, 6.07) is -0.797. The van der Waals surface area contributed by atoms with Crippen LogP contribution < -0.4 is 10.6 Å². The minimum Gasteiger partial charge on any atom is -0.451 e. The van der Waals surface area contributed by atoms with Crippen LogP contribution in [0.15, 0.2) is 4.99 Å². The molecular formula is C22H32N4O7. The lowest BCUT2D eigenvalue weighted by molar-refractivity contribution is -0.139. The number of hydrogen-bond donors (Lipinski definition) is 2. The molecule has 0 bridgehead atoms. The van der Waals surface area contributed by atoms with Gasteiger partial charge >= 0.3 is 6.09 Å². The van der Waals surface area contributed by atoms with E-state index in [-0.39, 0.29) is 23.8 Å². The number of ether oxygens (including phenoxy) is 2. The highest BCUT2D eigenvalue weighted by atomic mass is 16.5. The molecule has 0 aromatic carbocycles. The summed E-state index contributed by atoms with van der Waals surface area (Å²) in [4.78, 5) is 67.1. The molecule has 1 atom stereocenters. The monoisotopic (exact) mass is 464 g/mol. The number of amides is 4. The maximum Gasteiger partial charge on any atom is 0.433 e. The Hall–Kier alpha value is -2.82. The highest BCUT2D eigenvalue weighted by Gasteiger charge is 2.49. The van der Waals surface area contributed by atoms with E-state index in [0.29, 0.717) is 13.0 Å². The van der Waals surface area contributed by atoms with Gasteiger partial charge in [0.05, 0.1) is 20.3 Å². The molecule has 0 radical (unpaired) electrons. The molecule has 4 amide bonds. The second kappa shape index (κ2) is 10.9. The first-order valence-corrected chi connectivity index (χ1v) is 11.4. The molecule has 1 heterocycles. The number of nitrogens with one attached hydrogen (secondary N) is 2. The molecule has 3 aliphatic rings. The Morgan fingerprint density at radius 3 is 2.36 bits per heavy atom. The van der Waals surface area contributed by atoms with Gasteiger partial charge in [-0.3, -0.25) is 19.2 Å². The summed E-state index contributed by atoms with van der Waals surface area (Å²) in [5, 5.41) is 5.12. The topological polar surface area (TPSA) is 143 Å². The number of ketones is 1. The number of hydrogen-bond acceptors (Lipinski definition) is 7. The number of Topliss-reactive ketones (excluding diaryl/α,β-unsaturated/α-hetero) is 1. The molecule has 11 heteroatoms.